The summed E-state index contributed by atoms with van der Waals surface area (Å²) < 4.78 is 0. The van der Waals surface area contributed by atoms with Gasteiger partial charge in [0.15, 0.2) is 0 Å². The molecule has 0 aliphatic carbocycles. The Morgan fingerprint density at radius 1 is 1.31 bits per heavy atom. The number of hydrogen-bond acceptors (Lipinski definition) is 1. The zero-order chi connectivity index (χ0) is 12.1. The van der Waals surface area contributed by atoms with Gasteiger partial charge in [-0.05, 0) is 34.8 Å². The van der Waals surface area contributed by atoms with E-state index in [1.54, 1.807) is 6.08 Å². The third kappa shape index (κ3) is 2.63. The molecule has 0 aliphatic rings. The maximum absolute atomic E-state index is 5.94. The summed E-state index contributed by atoms with van der Waals surface area (Å²) in [7, 11) is 0. The van der Waals surface area contributed by atoms with Crippen molar-refractivity contribution in [3.05, 3.63) is 60.7 Å². The average Bonchev–Trinajstić information content (AvgIpc) is 2.26. The molecule has 0 saturated heterocycles. The van der Waals surface area contributed by atoms with Gasteiger partial charge in [-0.2, -0.15) is 0 Å². The van der Waals surface area contributed by atoms with Crippen LogP contribution in [0.3, 0.4) is 0 Å². The normalized spacial score (nSPS) is 11.6. The van der Waals surface area contributed by atoms with Gasteiger partial charge in [0, 0.05) is 5.69 Å². The molecule has 0 heterocycles. The lowest BCUT2D eigenvalue weighted by Crippen LogP contribution is -1.97. The monoisotopic (exact) mass is 213 g/mol. The number of nitrogen functional groups attached to an aromatic ring is 1. The van der Waals surface area contributed by atoms with Gasteiger partial charge in [-0.25, -0.2) is 0 Å². The molecule has 84 valence electrons. The number of anilines is 1. The van der Waals surface area contributed by atoms with Gasteiger partial charge in [0.05, 0.1) is 0 Å². The number of benzene rings is 1. The van der Waals surface area contributed by atoms with Crippen LogP contribution < -0.4 is 5.73 Å². The Morgan fingerprint density at radius 3 is 2.50 bits per heavy atom. The van der Waals surface area contributed by atoms with Gasteiger partial charge in [0.2, 0.25) is 0 Å². The summed E-state index contributed by atoms with van der Waals surface area (Å²) in [5.74, 6) is 0.426. The van der Waals surface area contributed by atoms with E-state index in [1.165, 1.54) is 5.56 Å². The molecule has 1 aromatic rings. The second kappa shape index (κ2) is 5.36. The summed E-state index contributed by atoms with van der Waals surface area (Å²) in [5, 5.41) is 0. The molecule has 1 aromatic carbocycles. The van der Waals surface area contributed by atoms with Crippen LogP contribution >= 0.6 is 0 Å². The highest BCUT2D eigenvalue weighted by atomic mass is 14.6. The maximum atomic E-state index is 5.94. The molecule has 0 saturated carbocycles. The molecule has 0 unspecified atom stereocenters. The first kappa shape index (κ1) is 12.3. The highest BCUT2D eigenvalue weighted by Gasteiger charge is 2.06. The minimum atomic E-state index is 0.426. The SMILES string of the molecule is C=C/C=C(\C=C)c1ccc(N)c(C(C)C)c1. The quantitative estimate of drug-likeness (QED) is 0.590. The molecular weight excluding hydrogens is 194 g/mol. The molecule has 16 heavy (non-hydrogen) atoms. The van der Waals surface area contributed by atoms with Crippen molar-refractivity contribution in [1.29, 1.82) is 0 Å². The van der Waals surface area contributed by atoms with Crippen molar-refractivity contribution in [2.24, 2.45) is 0 Å². The molecule has 0 fully saturated rings. The number of allylic oxidation sites excluding steroid dienone is 4. The Kier molecular flexibility index (Phi) is 4.12. The van der Waals surface area contributed by atoms with E-state index in [9.17, 15) is 0 Å². The smallest absolute Gasteiger partial charge is 0.0349 e. The number of hydrogen-bond donors (Lipinski definition) is 1. The summed E-state index contributed by atoms with van der Waals surface area (Å²) >= 11 is 0. The zero-order valence-corrected chi connectivity index (χ0v) is 10.0. The molecule has 1 heteroatoms. The summed E-state index contributed by atoms with van der Waals surface area (Å²) in [6.07, 6.45) is 5.54. The molecule has 0 aliphatic heterocycles. The summed E-state index contributed by atoms with van der Waals surface area (Å²) in [6, 6.07) is 6.08. The van der Waals surface area contributed by atoms with Crippen LogP contribution in [0.5, 0.6) is 0 Å². The summed E-state index contributed by atoms with van der Waals surface area (Å²) in [5.41, 5.74) is 10.2. The Balaban J connectivity index is 3.26. The Morgan fingerprint density at radius 2 is 2.00 bits per heavy atom. The van der Waals surface area contributed by atoms with Crippen LogP contribution in [-0.2, 0) is 0 Å². The molecule has 0 aromatic heterocycles. The molecule has 1 nitrogen and oxygen atoms in total. The van der Waals surface area contributed by atoms with E-state index >= 15 is 0 Å². The molecule has 1 rings (SSSR count). The van der Waals surface area contributed by atoms with Crippen molar-refractivity contribution in [1.82, 2.24) is 0 Å². The largest absolute Gasteiger partial charge is 0.398 e. The second-order valence-electron chi connectivity index (χ2n) is 4.06. The predicted octanol–water partition coefficient (Wildman–Crippen LogP) is 4.15. The fourth-order valence-electron chi connectivity index (χ4n) is 1.66. The first-order valence-corrected chi connectivity index (χ1v) is 5.45. The van der Waals surface area contributed by atoms with Crippen molar-refractivity contribution < 1.29 is 0 Å². The van der Waals surface area contributed by atoms with Gasteiger partial charge in [-0.15, -0.1) is 0 Å². The standard InChI is InChI=1S/C15H19N/c1-5-7-12(6-2)13-8-9-15(16)14(10-13)11(3)4/h5-11H,1-2,16H2,3-4H3/b12-7+. The van der Waals surface area contributed by atoms with E-state index in [1.807, 2.05) is 24.3 Å². The molecular formula is C15H19N. The number of nitrogens with two attached hydrogens (primary N) is 1. The van der Waals surface area contributed by atoms with E-state index in [0.29, 0.717) is 5.92 Å². The fraction of sp³-hybridized carbons (Fsp3) is 0.200. The molecule has 2 N–H and O–H groups in total. The van der Waals surface area contributed by atoms with Crippen molar-refractivity contribution in [2.45, 2.75) is 19.8 Å². The van der Waals surface area contributed by atoms with E-state index < -0.39 is 0 Å². The summed E-state index contributed by atoms with van der Waals surface area (Å²) in [6.45, 7) is 11.8. The van der Waals surface area contributed by atoms with Crippen molar-refractivity contribution in [3.63, 3.8) is 0 Å². The first-order chi connectivity index (χ1) is 7.60. The lowest BCUT2D eigenvalue weighted by molar-refractivity contribution is 0.869. The van der Waals surface area contributed by atoms with Crippen LogP contribution in [0.1, 0.15) is 30.9 Å². The lowest BCUT2D eigenvalue weighted by atomic mass is 9.95. The minimum Gasteiger partial charge on any atom is -0.398 e. The van der Waals surface area contributed by atoms with Gasteiger partial charge in [-0.1, -0.05) is 51.3 Å². The van der Waals surface area contributed by atoms with Crippen LogP contribution in [0.15, 0.2) is 49.6 Å². The van der Waals surface area contributed by atoms with Gasteiger partial charge in [-0.3, -0.25) is 0 Å². The van der Waals surface area contributed by atoms with Gasteiger partial charge >= 0.3 is 0 Å². The molecule has 0 spiro atoms. The molecule has 0 radical (unpaired) electrons. The molecule has 0 amide bonds. The van der Waals surface area contributed by atoms with Crippen molar-refractivity contribution >= 4 is 11.3 Å². The Labute approximate surface area is 98.0 Å². The third-order valence-corrected chi connectivity index (χ3v) is 2.56. The minimum absolute atomic E-state index is 0.426. The van der Waals surface area contributed by atoms with E-state index in [-0.39, 0.29) is 0 Å². The van der Waals surface area contributed by atoms with E-state index in [2.05, 4.69) is 33.1 Å². The Hall–Kier alpha value is -1.76. The molecule has 0 bridgehead atoms. The second-order valence-corrected chi connectivity index (χ2v) is 4.06. The lowest BCUT2D eigenvalue weighted by Gasteiger charge is -2.12. The molecule has 0 atom stereocenters. The number of rotatable bonds is 4. The van der Waals surface area contributed by atoms with Crippen molar-refractivity contribution in [2.75, 3.05) is 5.73 Å². The highest BCUT2D eigenvalue weighted by Crippen LogP contribution is 2.26. The van der Waals surface area contributed by atoms with E-state index in [4.69, 9.17) is 5.73 Å². The highest BCUT2D eigenvalue weighted by molar-refractivity contribution is 5.76. The average molecular weight is 213 g/mol. The van der Waals surface area contributed by atoms with Crippen LogP contribution in [0, 0.1) is 0 Å². The van der Waals surface area contributed by atoms with Gasteiger partial charge in [0.1, 0.15) is 0 Å². The van der Waals surface area contributed by atoms with E-state index in [0.717, 1.165) is 16.8 Å². The predicted molar refractivity (Wildman–Crippen MR) is 73.3 cm³/mol. The zero-order valence-electron chi connectivity index (χ0n) is 10.0. The van der Waals surface area contributed by atoms with Gasteiger partial charge < -0.3 is 5.73 Å². The summed E-state index contributed by atoms with van der Waals surface area (Å²) in [4.78, 5) is 0. The first-order valence-electron chi connectivity index (χ1n) is 5.45. The van der Waals surface area contributed by atoms with Crippen LogP contribution in [0.2, 0.25) is 0 Å². The Bertz CT molecular complexity index is 425. The third-order valence-electron chi connectivity index (χ3n) is 2.56. The van der Waals surface area contributed by atoms with Gasteiger partial charge in [0.25, 0.3) is 0 Å². The van der Waals surface area contributed by atoms with Crippen LogP contribution in [0.25, 0.3) is 5.57 Å². The fourth-order valence-corrected chi connectivity index (χ4v) is 1.66. The van der Waals surface area contributed by atoms with Crippen LogP contribution in [-0.4, -0.2) is 0 Å². The maximum Gasteiger partial charge on any atom is 0.0349 e. The van der Waals surface area contributed by atoms with Crippen LogP contribution in [0.4, 0.5) is 5.69 Å². The topological polar surface area (TPSA) is 26.0 Å². The van der Waals surface area contributed by atoms with Crippen molar-refractivity contribution in [3.8, 4) is 0 Å².